The van der Waals surface area contributed by atoms with Gasteiger partial charge in [-0.2, -0.15) is 13.2 Å². The van der Waals surface area contributed by atoms with Crippen LogP contribution in [0.3, 0.4) is 0 Å². The van der Waals surface area contributed by atoms with Crippen LogP contribution in [0.4, 0.5) is 13.2 Å². The van der Waals surface area contributed by atoms with Crippen LogP contribution in [-0.4, -0.2) is 12.1 Å². The van der Waals surface area contributed by atoms with Gasteiger partial charge in [0.25, 0.3) is 0 Å². The molecular weight excluding hydrogens is 325 g/mol. The summed E-state index contributed by atoms with van der Waals surface area (Å²) in [6.45, 7) is 9.63. The van der Waals surface area contributed by atoms with Crippen molar-refractivity contribution in [2.75, 3.05) is 6.54 Å². The Labute approximate surface area is 148 Å². The number of hydrogen-bond acceptors (Lipinski definition) is 2. The molecule has 3 N–H and O–H groups in total. The van der Waals surface area contributed by atoms with Crippen molar-refractivity contribution in [3.63, 3.8) is 0 Å². The van der Waals surface area contributed by atoms with Gasteiger partial charge in [0.2, 0.25) is 0 Å². The standard InChI is InChI=1S/C16H16F3N.C4H11N/c1-2-20-11-12-3-5-13(6-4-12)14-7-9-15(10-8-14)16(17,18)19;1-4(2,3)5/h3-10,20H,2,11H2,1H3;5H2,1-3H3. The van der Waals surface area contributed by atoms with Crippen LogP contribution in [0.5, 0.6) is 0 Å². The molecule has 0 bridgehead atoms. The van der Waals surface area contributed by atoms with E-state index in [1.165, 1.54) is 12.1 Å². The van der Waals surface area contributed by atoms with Crippen LogP contribution in [0.25, 0.3) is 11.1 Å². The highest BCUT2D eigenvalue weighted by atomic mass is 19.4. The highest BCUT2D eigenvalue weighted by molar-refractivity contribution is 5.64. The van der Waals surface area contributed by atoms with E-state index in [2.05, 4.69) is 5.32 Å². The average Bonchev–Trinajstić information content (AvgIpc) is 2.51. The molecule has 0 aromatic heterocycles. The second kappa shape index (κ2) is 9.02. The van der Waals surface area contributed by atoms with Crippen molar-refractivity contribution in [2.45, 2.75) is 46.0 Å². The third-order valence-electron chi connectivity index (χ3n) is 3.08. The minimum absolute atomic E-state index is 0. The molecule has 5 heteroatoms. The highest BCUT2D eigenvalue weighted by Crippen LogP contribution is 2.30. The second-order valence-electron chi connectivity index (χ2n) is 6.92. The Morgan fingerprint density at radius 2 is 1.24 bits per heavy atom. The Bertz CT molecular complexity index is 618. The number of benzene rings is 2. The van der Waals surface area contributed by atoms with Gasteiger partial charge in [0, 0.05) is 12.1 Å². The Hall–Kier alpha value is -1.85. The van der Waals surface area contributed by atoms with Gasteiger partial charge in [-0.05, 0) is 56.1 Å². The van der Waals surface area contributed by atoms with Crippen LogP contribution in [0.1, 0.15) is 38.8 Å². The molecule has 0 unspecified atom stereocenters. The minimum Gasteiger partial charge on any atom is -0.326 e. The fraction of sp³-hybridized carbons (Fsp3) is 0.400. The third-order valence-corrected chi connectivity index (χ3v) is 3.08. The Morgan fingerprint density at radius 1 is 0.840 bits per heavy atom. The molecular formula is C20H27F3N2. The zero-order valence-corrected chi connectivity index (χ0v) is 15.2. The Balaban J connectivity index is 0.000000550. The summed E-state index contributed by atoms with van der Waals surface area (Å²) in [7, 11) is 0. The summed E-state index contributed by atoms with van der Waals surface area (Å²) in [6, 6.07) is 13.0. The van der Waals surface area contributed by atoms with E-state index < -0.39 is 11.7 Å². The molecule has 0 aliphatic carbocycles. The second-order valence-corrected chi connectivity index (χ2v) is 6.92. The number of nitrogens with one attached hydrogen (secondary N) is 1. The van der Waals surface area contributed by atoms with Gasteiger partial charge in [0.1, 0.15) is 0 Å². The first-order chi connectivity index (χ1) is 11.5. The lowest BCUT2D eigenvalue weighted by Crippen LogP contribution is -2.26. The molecule has 138 valence electrons. The van der Waals surface area contributed by atoms with Gasteiger partial charge < -0.3 is 11.1 Å². The lowest BCUT2D eigenvalue weighted by molar-refractivity contribution is -0.137. The number of nitrogens with two attached hydrogens (primary N) is 1. The van der Waals surface area contributed by atoms with E-state index in [1.807, 2.05) is 52.0 Å². The average molecular weight is 352 g/mol. The smallest absolute Gasteiger partial charge is 0.326 e. The van der Waals surface area contributed by atoms with Gasteiger partial charge in [-0.3, -0.25) is 0 Å². The molecule has 0 aliphatic rings. The van der Waals surface area contributed by atoms with Crippen LogP contribution in [0, 0.1) is 0 Å². The molecule has 0 heterocycles. The first kappa shape index (κ1) is 21.2. The van der Waals surface area contributed by atoms with Gasteiger partial charge in [-0.15, -0.1) is 0 Å². The van der Waals surface area contributed by atoms with E-state index in [1.54, 1.807) is 0 Å². The molecule has 2 aromatic rings. The van der Waals surface area contributed by atoms with E-state index in [9.17, 15) is 13.2 Å². The lowest BCUT2D eigenvalue weighted by Gasteiger charge is -2.08. The van der Waals surface area contributed by atoms with Crippen molar-refractivity contribution in [1.29, 1.82) is 0 Å². The van der Waals surface area contributed by atoms with Crippen LogP contribution >= 0.6 is 0 Å². The SMILES string of the molecule is CC(C)(C)N.CCNCc1ccc(-c2ccc(C(F)(F)F)cc2)cc1. The first-order valence-electron chi connectivity index (χ1n) is 8.27. The first-order valence-corrected chi connectivity index (χ1v) is 8.27. The molecule has 0 fully saturated rings. The van der Waals surface area contributed by atoms with Gasteiger partial charge in [0.05, 0.1) is 5.56 Å². The fourth-order valence-electron chi connectivity index (χ4n) is 1.94. The normalized spacial score (nSPS) is 11.7. The maximum atomic E-state index is 12.5. The van der Waals surface area contributed by atoms with Gasteiger partial charge in [-0.1, -0.05) is 43.3 Å². The number of alkyl halides is 3. The Kier molecular flexibility index (Phi) is 7.64. The summed E-state index contributed by atoms with van der Waals surface area (Å²) in [5.41, 5.74) is 7.59. The van der Waals surface area contributed by atoms with E-state index in [4.69, 9.17) is 5.73 Å². The zero-order chi connectivity index (χ0) is 19.1. The third kappa shape index (κ3) is 8.70. The predicted molar refractivity (Wildman–Crippen MR) is 98.2 cm³/mol. The van der Waals surface area contributed by atoms with Gasteiger partial charge >= 0.3 is 6.18 Å². The molecule has 0 radical (unpaired) electrons. The van der Waals surface area contributed by atoms with Crippen molar-refractivity contribution in [3.8, 4) is 11.1 Å². The van der Waals surface area contributed by atoms with E-state index in [0.717, 1.165) is 41.9 Å². The van der Waals surface area contributed by atoms with Crippen molar-refractivity contribution >= 4 is 0 Å². The molecule has 0 atom stereocenters. The summed E-state index contributed by atoms with van der Waals surface area (Å²) < 4.78 is 37.5. The summed E-state index contributed by atoms with van der Waals surface area (Å²) in [5.74, 6) is 0. The van der Waals surface area contributed by atoms with Gasteiger partial charge in [-0.25, -0.2) is 0 Å². The molecule has 2 aromatic carbocycles. The molecule has 0 saturated carbocycles. The predicted octanol–water partition coefficient (Wildman–Crippen LogP) is 5.23. The van der Waals surface area contributed by atoms with Crippen LogP contribution in [0.2, 0.25) is 0 Å². The van der Waals surface area contributed by atoms with Crippen LogP contribution in [-0.2, 0) is 12.7 Å². The zero-order valence-electron chi connectivity index (χ0n) is 15.2. The number of hydrogen-bond donors (Lipinski definition) is 2. The molecule has 0 spiro atoms. The molecule has 0 amide bonds. The molecule has 2 rings (SSSR count). The van der Waals surface area contributed by atoms with E-state index >= 15 is 0 Å². The maximum absolute atomic E-state index is 12.5. The largest absolute Gasteiger partial charge is 0.416 e. The highest BCUT2D eigenvalue weighted by Gasteiger charge is 2.29. The van der Waals surface area contributed by atoms with Crippen molar-refractivity contribution in [3.05, 3.63) is 59.7 Å². The summed E-state index contributed by atoms with van der Waals surface area (Å²) in [6.07, 6.45) is -4.28. The Morgan fingerprint density at radius 3 is 1.60 bits per heavy atom. The number of halogens is 3. The lowest BCUT2D eigenvalue weighted by atomic mass is 10.0. The number of rotatable bonds is 4. The quantitative estimate of drug-likeness (QED) is 0.791. The van der Waals surface area contributed by atoms with Crippen molar-refractivity contribution in [2.24, 2.45) is 5.73 Å². The van der Waals surface area contributed by atoms with Gasteiger partial charge in [0.15, 0.2) is 0 Å². The maximum Gasteiger partial charge on any atom is 0.416 e. The van der Waals surface area contributed by atoms with Crippen LogP contribution < -0.4 is 11.1 Å². The molecule has 25 heavy (non-hydrogen) atoms. The summed E-state index contributed by atoms with van der Waals surface area (Å²) >= 11 is 0. The molecule has 0 aliphatic heterocycles. The summed E-state index contributed by atoms with van der Waals surface area (Å²) in [4.78, 5) is 0. The van der Waals surface area contributed by atoms with Crippen molar-refractivity contribution in [1.82, 2.24) is 5.32 Å². The van der Waals surface area contributed by atoms with Crippen LogP contribution in [0.15, 0.2) is 48.5 Å². The van der Waals surface area contributed by atoms with E-state index in [0.29, 0.717) is 0 Å². The molecule has 2 nitrogen and oxygen atoms in total. The summed E-state index contributed by atoms with van der Waals surface area (Å²) in [5, 5.41) is 3.22. The fourth-order valence-corrected chi connectivity index (χ4v) is 1.94. The minimum atomic E-state index is -4.28. The monoisotopic (exact) mass is 352 g/mol. The topological polar surface area (TPSA) is 38.0 Å². The molecule has 0 saturated heterocycles. The van der Waals surface area contributed by atoms with Crippen molar-refractivity contribution < 1.29 is 13.2 Å². The van der Waals surface area contributed by atoms with E-state index in [-0.39, 0.29) is 5.54 Å².